The zero-order chi connectivity index (χ0) is 76.1. The number of Topliss-reactive ketones (excluding diaryl/α,β-unsaturated/α-hetero) is 1. The van der Waals surface area contributed by atoms with E-state index in [2.05, 4.69) is 26.6 Å². The zero-order valence-corrected chi connectivity index (χ0v) is 62.2. The molecule has 7 rings (SSSR count). The van der Waals surface area contributed by atoms with Gasteiger partial charge in [-0.3, -0.25) is 77.1 Å². The number of carbonyl (C=O) groups is 13. The molecule has 3 aromatic carbocycles. The molecule has 8 atom stereocenters. The lowest BCUT2D eigenvalue weighted by Gasteiger charge is -2.33. The first-order chi connectivity index (χ1) is 50.2. The number of nitrogens with two attached hydrogens (primary N) is 1. The van der Waals surface area contributed by atoms with Gasteiger partial charge in [0.2, 0.25) is 47.3 Å². The number of hydrogen-bond donors (Lipinski definition) is 11. The highest BCUT2D eigenvalue weighted by molar-refractivity contribution is 7.99. The molecule has 4 aliphatic rings. The van der Waals surface area contributed by atoms with Crippen LogP contribution >= 0.6 is 35.3 Å². The summed E-state index contributed by atoms with van der Waals surface area (Å²) >= 11 is 4.17. The van der Waals surface area contributed by atoms with E-state index in [1.54, 1.807) is 44.7 Å². The number of amides is 8. The summed E-state index contributed by atoms with van der Waals surface area (Å²) in [7, 11) is 0. The van der Waals surface area contributed by atoms with Gasteiger partial charge >= 0.3 is 23.9 Å². The summed E-state index contributed by atoms with van der Waals surface area (Å²) < 4.78 is 0. The minimum absolute atomic E-state index is 0.0331. The van der Waals surface area contributed by atoms with Crippen LogP contribution in [0.4, 0.5) is 0 Å². The highest BCUT2D eigenvalue weighted by atomic mass is 32.2. The number of benzene rings is 3. The maximum atomic E-state index is 14.9. The third-order valence-electron chi connectivity index (χ3n) is 18.9. The first kappa shape index (κ1) is 84.3. The second-order valence-electron chi connectivity index (χ2n) is 27.2. The van der Waals surface area contributed by atoms with Crippen LogP contribution in [0.15, 0.2) is 60.7 Å². The Morgan fingerprint density at radius 2 is 1.15 bits per heavy atom. The van der Waals surface area contributed by atoms with Crippen molar-refractivity contribution in [3.63, 3.8) is 0 Å². The molecule has 0 radical (unpaired) electrons. The number of rotatable bonds is 26. The van der Waals surface area contributed by atoms with Gasteiger partial charge in [0.15, 0.2) is 0 Å². The van der Waals surface area contributed by atoms with Crippen LogP contribution in [-0.2, 0) is 86.0 Å². The molecule has 30 nitrogen and oxygen atoms in total. The number of carboxylic acids is 4. The van der Waals surface area contributed by atoms with Gasteiger partial charge in [0.25, 0.3) is 0 Å². The maximum absolute atomic E-state index is 14.9. The van der Waals surface area contributed by atoms with Crippen LogP contribution in [0.2, 0.25) is 0 Å². The molecule has 576 valence electrons. The van der Waals surface area contributed by atoms with E-state index < -0.39 is 126 Å². The van der Waals surface area contributed by atoms with E-state index in [0.717, 1.165) is 40.3 Å². The number of primary amides is 1. The van der Waals surface area contributed by atoms with E-state index in [4.69, 9.17) is 5.73 Å². The monoisotopic (exact) mass is 1520 g/mol. The van der Waals surface area contributed by atoms with Gasteiger partial charge < -0.3 is 67.7 Å². The molecule has 4 aliphatic heterocycles. The Balaban J connectivity index is 1.15. The van der Waals surface area contributed by atoms with Crippen molar-refractivity contribution in [2.24, 2.45) is 5.73 Å². The molecule has 2 bridgehead atoms. The number of aliphatic hydroxyl groups excluding tert-OH is 1. The van der Waals surface area contributed by atoms with Crippen molar-refractivity contribution in [1.29, 1.82) is 0 Å². The Morgan fingerprint density at radius 1 is 0.600 bits per heavy atom. The summed E-state index contributed by atoms with van der Waals surface area (Å²) in [5, 5.41) is 65.7. The van der Waals surface area contributed by atoms with Gasteiger partial charge in [-0.1, -0.05) is 80.4 Å². The third-order valence-corrected chi connectivity index (χ3v) is 22.2. The maximum Gasteiger partial charge on any atom is 0.327 e. The topological polar surface area (TPSA) is 429 Å². The number of aliphatic hydroxyl groups is 1. The lowest BCUT2D eigenvalue weighted by atomic mass is 9.97. The Labute approximate surface area is 624 Å². The molecule has 12 N–H and O–H groups in total. The van der Waals surface area contributed by atoms with Crippen LogP contribution in [0.1, 0.15) is 113 Å². The van der Waals surface area contributed by atoms with Crippen molar-refractivity contribution < 1.29 is 87.9 Å². The predicted octanol–water partition coefficient (Wildman–Crippen LogP) is 1.34. The minimum atomic E-state index is -1.73. The van der Waals surface area contributed by atoms with Gasteiger partial charge in [-0.15, -0.1) is 0 Å². The first-order valence-electron chi connectivity index (χ1n) is 35.9. The number of fused-ring (bicyclic) bond motifs is 5. The molecule has 3 saturated heterocycles. The van der Waals surface area contributed by atoms with Gasteiger partial charge in [-0.05, 0) is 90.6 Å². The standard InChI is InChI=1S/C72H102N12O18S3/c1-3-4-5-19-61(88)74-56-44-104-42-48-33-47(41-103-32-11-15-52(86)37-79-24-26-80(38-62(89)90)28-30-82(40-64(93)94)31-29-81(27-25-79)39-63(91)92)34-49(35-48)43-105-45-57(72(101)102)77-67(96)55(36-51-14-8-13-50-12-6-7-16-53(50)51)76-66(95)54(20-21-60(73)87)75-69(98)65(46(2)85)78-68(97)58-17-9-22-83(58)71(100)59-18-10-23-84(59)70(56)99/h6-8,12-14,16,33-35,46,54-59,65,85H,3-5,9-11,15,17-32,36-45H2,1-2H3,(H2,73,87)(H,74,88)(H,75,98)(H,76,95)(H,77,96)(H,78,97)(H,89,90)(H,91,92)(H,93,94)(H,101,102)/t46-,54+,55+,56+,57+,58+,59+,65+/m1/s1. The Kier molecular flexibility index (Phi) is 34.6. The van der Waals surface area contributed by atoms with E-state index in [-0.39, 0.29) is 140 Å². The predicted molar refractivity (Wildman–Crippen MR) is 396 cm³/mol. The molecule has 0 spiro atoms. The minimum Gasteiger partial charge on any atom is -0.480 e. The highest BCUT2D eigenvalue weighted by Crippen LogP contribution is 2.29. The number of unbranched alkanes of at least 4 members (excludes halogenated alkanes) is 2. The van der Waals surface area contributed by atoms with Crippen molar-refractivity contribution in [3.05, 3.63) is 82.9 Å². The molecule has 8 amide bonds. The smallest absolute Gasteiger partial charge is 0.327 e. The fourth-order valence-electron chi connectivity index (χ4n) is 13.4. The number of nitrogens with zero attached hydrogens (tertiary/aromatic N) is 6. The molecule has 0 unspecified atom stereocenters. The van der Waals surface area contributed by atoms with E-state index in [9.17, 15) is 87.9 Å². The summed E-state index contributed by atoms with van der Waals surface area (Å²) in [6, 6.07) is 9.03. The van der Waals surface area contributed by atoms with E-state index in [1.165, 1.54) is 40.2 Å². The average Bonchev–Trinajstić information content (AvgIpc) is 1.72. The number of thioether (sulfide) groups is 3. The molecular weight excluding hydrogens is 1420 g/mol. The molecule has 33 heteroatoms. The summed E-state index contributed by atoms with van der Waals surface area (Å²) in [5.74, 6) is -9.00. The van der Waals surface area contributed by atoms with Crippen molar-refractivity contribution >= 4 is 123 Å². The zero-order valence-electron chi connectivity index (χ0n) is 59.8. The fourth-order valence-corrected chi connectivity index (χ4v) is 16.3. The van der Waals surface area contributed by atoms with Gasteiger partial charge in [-0.25, -0.2) is 4.79 Å². The molecule has 0 aromatic heterocycles. The molecule has 3 aromatic rings. The molecule has 0 aliphatic carbocycles. The summed E-state index contributed by atoms with van der Waals surface area (Å²) in [6.07, 6.45) is 1.72. The third kappa shape index (κ3) is 27.7. The number of carbonyl (C=O) groups excluding carboxylic acids is 9. The second kappa shape index (κ2) is 43.0. The van der Waals surface area contributed by atoms with Gasteiger partial charge in [0.05, 0.1) is 32.3 Å². The molecular formula is C72H102N12O18S3. The number of carboxylic acid groups (broad SMARTS) is 4. The highest BCUT2D eigenvalue weighted by Gasteiger charge is 2.45. The number of ketones is 1. The summed E-state index contributed by atoms with van der Waals surface area (Å²) in [5.41, 5.74) is 8.65. The Hall–Kier alpha value is -7.92. The molecule has 4 heterocycles. The van der Waals surface area contributed by atoms with E-state index in [0.29, 0.717) is 61.6 Å². The van der Waals surface area contributed by atoms with Gasteiger partial charge in [0, 0.05) is 120 Å². The van der Waals surface area contributed by atoms with Gasteiger partial charge in [0.1, 0.15) is 48.1 Å². The van der Waals surface area contributed by atoms with Crippen LogP contribution in [0, 0.1) is 0 Å². The lowest BCUT2D eigenvalue weighted by Crippen LogP contribution is -2.61. The molecule has 3 fully saturated rings. The van der Waals surface area contributed by atoms with E-state index in [1.807, 2.05) is 54.3 Å². The normalized spacial score (nSPS) is 23.0. The quantitative estimate of drug-likeness (QED) is 0.0505. The van der Waals surface area contributed by atoms with Crippen molar-refractivity contribution in [3.8, 4) is 0 Å². The van der Waals surface area contributed by atoms with Crippen LogP contribution in [0.25, 0.3) is 10.8 Å². The Morgan fingerprint density at radius 3 is 1.73 bits per heavy atom. The first-order valence-corrected chi connectivity index (χ1v) is 39.4. The number of aliphatic carboxylic acids is 4. The second-order valence-corrected chi connectivity index (χ2v) is 30.4. The molecule has 0 saturated carbocycles. The van der Waals surface area contributed by atoms with Crippen LogP contribution in [0.3, 0.4) is 0 Å². The van der Waals surface area contributed by atoms with Crippen molar-refractivity contribution in [2.45, 2.75) is 163 Å². The lowest BCUT2D eigenvalue weighted by molar-refractivity contribution is -0.148. The number of hydrogen-bond acceptors (Lipinski definition) is 21. The largest absolute Gasteiger partial charge is 0.480 e. The SMILES string of the molecule is CCCCCC(=O)N[C@H]1CSCc2cc(CSCCCC(=O)CN3CCN(CC(=O)O)CCN(CC(=O)O)CCN(CC(=O)O)CC3)cc(c2)CSC[C@@H](C(=O)O)NC(=O)[C@H](Cc2cccc3ccccc23)NC(=O)[C@H](CCC(N)=O)NC(=O)[C@H]([C@@H](C)O)NC(=O)[C@@H]2CCCN2C(=O)[C@@H]2CCCN2C1=O. The van der Waals surface area contributed by atoms with Crippen LogP contribution < -0.4 is 32.3 Å². The van der Waals surface area contributed by atoms with Crippen LogP contribution in [0.5, 0.6) is 0 Å². The summed E-state index contributed by atoms with van der Waals surface area (Å²) in [4.78, 5) is 186. The van der Waals surface area contributed by atoms with Gasteiger partial charge in [-0.2, -0.15) is 35.3 Å². The van der Waals surface area contributed by atoms with Crippen LogP contribution in [-0.4, -0.2) is 289 Å². The number of nitrogens with one attached hydrogen (secondary N) is 5. The summed E-state index contributed by atoms with van der Waals surface area (Å²) in [6.45, 7) is 4.75. The van der Waals surface area contributed by atoms with Crippen molar-refractivity contribution in [1.82, 2.24) is 56.0 Å². The Bertz CT molecular complexity index is 3500. The molecule has 105 heavy (non-hydrogen) atoms. The van der Waals surface area contributed by atoms with Crippen molar-refractivity contribution in [2.75, 3.05) is 109 Å². The fraction of sp³-hybridized carbons (Fsp3) is 0.597. The average molecular weight is 1520 g/mol. The van der Waals surface area contributed by atoms with E-state index >= 15 is 0 Å².